The highest BCUT2D eigenvalue weighted by Gasteiger charge is 2.43. The number of aromatic nitrogens is 1. The maximum absolute atomic E-state index is 13.3. The molecule has 8 heteroatoms. The summed E-state index contributed by atoms with van der Waals surface area (Å²) in [7, 11) is 6.36. The smallest absolute Gasteiger partial charge is 0.254 e. The van der Waals surface area contributed by atoms with Gasteiger partial charge in [0.25, 0.3) is 5.91 Å². The molecule has 0 saturated heterocycles. The van der Waals surface area contributed by atoms with Crippen molar-refractivity contribution in [3.05, 3.63) is 53.3 Å². The lowest BCUT2D eigenvalue weighted by Gasteiger charge is -2.39. The lowest BCUT2D eigenvalue weighted by Crippen LogP contribution is -2.46. The van der Waals surface area contributed by atoms with Gasteiger partial charge in [0.2, 0.25) is 5.91 Å². The molecule has 0 bridgehead atoms. The molecule has 0 saturated carbocycles. The number of carbonyl (C=O) groups excluding carboxylic acids is 2. The Morgan fingerprint density at radius 2 is 1.93 bits per heavy atom. The molecule has 0 fully saturated rings. The highest BCUT2D eigenvalue weighted by molar-refractivity contribution is 6.02. The molecule has 0 aliphatic carbocycles. The molecule has 0 spiro atoms. The van der Waals surface area contributed by atoms with E-state index < -0.39 is 12.0 Å². The van der Waals surface area contributed by atoms with Gasteiger partial charge in [0.15, 0.2) is 11.5 Å². The van der Waals surface area contributed by atoms with E-state index in [2.05, 4.69) is 10.3 Å². The van der Waals surface area contributed by atoms with Gasteiger partial charge in [-0.05, 0) is 35.7 Å². The summed E-state index contributed by atoms with van der Waals surface area (Å²) in [6, 6.07) is 6.53. The Hall–Kier alpha value is -3.13. The van der Waals surface area contributed by atoms with E-state index in [1.54, 1.807) is 49.7 Å². The van der Waals surface area contributed by atoms with Gasteiger partial charge in [0, 0.05) is 45.3 Å². The van der Waals surface area contributed by atoms with E-state index in [4.69, 9.17) is 14.2 Å². The summed E-state index contributed by atoms with van der Waals surface area (Å²) >= 11 is 0. The van der Waals surface area contributed by atoms with Crippen LogP contribution in [0.3, 0.4) is 0 Å². The predicted octanol–water partition coefficient (Wildman–Crippen LogP) is 2.16. The van der Waals surface area contributed by atoms with Crippen molar-refractivity contribution in [2.75, 3.05) is 41.5 Å². The number of ether oxygens (including phenoxy) is 3. The van der Waals surface area contributed by atoms with Crippen LogP contribution >= 0.6 is 0 Å². The highest BCUT2D eigenvalue weighted by atomic mass is 16.5. The van der Waals surface area contributed by atoms with Crippen molar-refractivity contribution in [2.45, 2.75) is 18.4 Å². The number of hydrogen-bond donors (Lipinski definition) is 1. The SMILES string of the molecule is COCCCNC(=O)[C@@H]1c2cc(OC)c(OC)cc2C(=O)N(C)[C@H]1c1cccnc1. The first-order valence-corrected chi connectivity index (χ1v) is 9.73. The molecular weight excluding hydrogens is 386 g/mol. The monoisotopic (exact) mass is 413 g/mol. The van der Waals surface area contributed by atoms with E-state index in [0.717, 1.165) is 5.56 Å². The summed E-state index contributed by atoms with van der Waals surface area (Å²) in [6.07, 6.45) is 4.04. The Morgan fingerprint density at radius 1 is 1.20 bits per heavy atom. The topological polar surface area (TPSA) is 90.0 Å². The van der Waals surface area contributed by atoms with Crippen LogP contribution in [0.1, 0.15) is 39.9 Å². The van der Waals surface area contributed by atoms with Crippen LogP contribution in [0.25, 0.3) is 0 Å². The Bertz CT molecular complexity index is 903. The number of benzene rings is 1. The fourth-order valence-electron chi connectivity index (χ4n) is 3.84. The maximum Gasteiger partial charge on any atom is 0.254 e. The Balaban J connectivity index is 2.10. The molecule has 0 radical (unpaired) electrons. The largest absolute Gasteiger partial charge is 0.493 e. The van der Waals surface area contributed by atoms with E-state index >= 15 is 0 Å². The summed E-state index contributed by atoms with van der Waals surface area (Å²) in [5, 5.41) is 2.98. The number of methoxy groups -OCH3 is 3. The fraction of sp³-hybridized carbons (Fsp3) is 0.409. The number of rotatable bonds is 8. The zero-order valence-electron chi connectivity index (χ0n) is 17.7. The molecule has 3 rings (SSSR count). The minimum atomic E-state index is -0.630. The van der Waals surface area contributed by atoms with E-state index in [1.807, 2.05) is 6.07 Å². The van der Waals surface area contributed by atoms with E-state index in [1.165, 1.54) is 14.2 Å². The first-order valence-electron chi connectivity index (χ1n) is 9.73. The van der Waals surface area contributed by atoms with Crippen LogP contribution < -0.4 is 14.8 Å². The van der Waals surface area contributed by atoms with E-state index in [0.29, 0.717) is 42.2 Å². The number of fused-ring (bicyclic) bond motifs is 1. The van der Waals surface area contributed by atoms with Gasteiger partial charge in [-0.15, -0.1) is 0 Å². The van der Waals surface area contributed by atoms with Gasteiger partial charge in [-0.1, -0.05) is 6.07 Å². The number of nitrogens with zero attached hydrogens (tertiary/aromatic N) is 2. The van der Waals surface area contributed by atoms with Crippen molar-refractivity contribution in [2.24, 2.45) is 0 Å². The van der Waals surface area contributed by atoms with Crippen LogP contribution in [0.4, 0.5) is 0 Å². The third-order valence-electron chi connectivity index (χ3n) is 5.31. The average molecular weight is 413 g/mol. The molecule has 2 amide bonds. The van der Waals surface area contributed by atoms with Crippen LogP contribution in [0.15, 0.2) is 36.7 Å². The van der Waals surface area contributed by atoms with Gasteiger partial charge in [-0.3, -0.25) is 14.6 Å². The summed E-state index contributed by atoms with van der Waals surface area (Å²) in [6.45, 7) is 1.03. The third kappa shape index (κ3) is 4.09. The summed E-state index contributed by atoms with van der Waals surface area (Å²) < 4.78 is 15.9. The van der Waals surface area contributed by atoms with Crippen LogP contribution in [0, 0.1) is 0 Å². The lowest BCUT2D eigenvalue weighted by molar-refractivity contribution is -0.124. The second kappa shape index (κ2) is 9.58. The molecule has 1 aliphatic rings. The standard InChI is InChI=1S/C22H27N3O5/c1-25-20(14-7-5-8-23-13-14)19(21(26)24-9-6-10-28-2)15-11-17(29-3)18(30-4)12-16(15)22(25)27/h5,7-8,11-13,19-20H,6,9-10H2,1-4H3,(H,24,26)/t19-,20+/m1/s1. The van der Waals surface area contributed by atoms with Gasteiger partial charge in [-0.2, -0.15) is 0 Å². The van der Waals surface area contributed by atoms with Crippen molar-refractivity contribution >= 4 is 11.8 Å². The lowest BCUT2D eigenvalue weighted by atomic mass is 9.79. The number of nitrogens with one attached hydrogen (secondary N) is 1. The Labute approximate surface area is 176 Å². The predicted molar refractivity (Wildman–Crippen MR) is 111 cm³/mol. The van der Waals surface area contributed by atoms with Crippen LogP contribution in [-0.2, 0) is 9.53 Å². The number of likely N-dealkylation sites (N-methyl/N-ethyl adjacent to an activating group) is 1. The minimum Gasteiger partial charge on any atom is -0.493 e. The normalized spacial score (nSPS) is 18.0. The van der Waals surface area contributed by atoms with Gasteiger partial charge >= 0.3 is 0 Å². The van der Waals surface area contributed by atoms with Gasteiger partial charge in [-0.25, -0.2) is 0 Å². The quantitative estimate of drug-likeness (QED) is 0.667. The molecule has 1 aromatic heterocycles. The van der Waals surface area contributed by atoms with Gasteiger partial charge < -0.3 is 24.4 Å². The minimum absolute atomic E-state index is 0.173. The molecule has 2 aromatic rings. The van der Waals surface area contributed by atoms with Crippen molar-refractivity contribution in [1.82, 2.24) is 15.2 Å². The number of pyridine rings is 1. The molecule has 30 heavy (non-hydrogen) atoms. The molecule has 2 heterocycles. The van der Waals surface area contributed by atoms with Gasteiger partial charge in [0.1, 0.15) is 0 Å². The maximum atomic E-state index is 13.3. The molecule has 1 aliphatic heterocycles. The van der Waals surface area contributed by atoms with Crippen LogP contribution in [-0.4, -0.2) is 63.2 Å². The first kappa shape index (κ1) is 21.6. The molecule has 1 aromatic carbocycles. The molecule has 1 N–H and O–H groups in total. The number of carbonyl (C=O) groups is 2. The summed E-state index contributed by atoms with van der Waals surface area (Å²) in [5.41, 5.74) is 1.81. The van der Waals surface area contributed by atoms with E-state index in [9.17, 15) is 9.59 Å². The van der Waals surface area contributed by atoms with Crippen LogP contribution in [0.5, 0.6) is 11.5 Å². The molecular formula is C22H27N3O5. The second-order valence-corrected chi connectivity index (χ2v) is 7.06. The number of hydrogen-bond acceptors (Lipinski definition) is 6. The van der Waals surface area contributed by atoms with Gasteiger partial charge in [0.05, 0.1) is 26.2 Å². The number of amides is 2. The zero-order valence-corrected chi connectivity index (χ0v) is 17.7. The Kier molecular flexibility index (Phi) is 6.89. The molecule has 0 unspecified atom stereocenters. The average Bonchev–Trinajstić information content (AvgIpc) is 2.78. The molecule has 2 atom stereocenters. The molecule has 8 nitrogen and oxygen atoms in total. The van der Waals surface area contributed by atoms with Crippen molar-refractivity contribution in [3.63, 3.8) is 0 Å². The van der Waals surface area contributed by atoms with Crippen molar-refractivity contribution in [3.8, 4) is 11.5 Å². The third-order valence-corrected chi connectivity index (χ3v) is 5.31. The highest BCUT2D eigenvalue weighted by Crippen LogP contribution is 2.45. The second-order valence-electron chi connectivity index (χ2n) is 7.06. The molecule has 160 valence electrons. The zero-order chi connectivity index (χ0) is 21.7. The Morgan fingerprint density at radius 3 is 2.57 bits per heavy atom. The fourth-order valence-corrected chi connectivity index (χ4v) is 3.84. The first-order chi connectivity index (χ1) is 14.5. The van der Waals surface area contributed by atoms with Crippen LogP contribution in [0.2, 0.25) is 0 Å². The van der Waals surface area contributed by atoms with Crippen molar-refractivity contribution < 1.29 is 23.8 Å². The van der Waals surface area contributed by atoms with E-state index in [-0.39, 0.29) is 11.8 Å². The summed E-state index contributed by atoms with van der Waals surface area (Å²) in [4.78, 5) is 32.3. The van der Waals surface area contributed by atoms with Crippen molar-refractivity contribution in [1.29, 1.82) is 0 Å². The summed E-state index contributed by atoms with van der Waals surface area (Å²) in [5.74, 6) is -0.0851.